The average molecular weight is 327 g/mol. The predicted molar refractivity (Wildman–Crippen MR) is 91.8 cm³/mol. The van der Waals surface area contributed by atoms with Gasteiger partial charge in [-0.2, -0.15) is 5.26 Å². The van der Waals surface area contributed by atoms with Gasteiger partial charge >= 0.3 is 0 Å². The number of rotatable bonds is 1. The summed E-state index contributed by atoms with van der Waals surface area (Å²) in [5, 5.41) is 19.6. The second-order valence-corrected chi connectivity index (χ2v) is 9.28. The van der Waals surface area contributed by atoms with Crippen molar-refractivity contribution >= 4 is 5.78 Å². The maximum absolute atomic E-state index is 12.0. The van der Waals surface area contributed by atoms with E-state index < -0.39 is 0 Å². The minimum absolute atomic E-state index is 0.0796. The largest absolute Gasteiger partial charge is 0.396 e. The van der Waals surface area contributed by atoms with Gasteiger partial charge in [0, 0.05) is 18.9 Å². The van der Waals surface area contributed by atoms with Gasteiger partial charge in [0.15, 0.2) is 5.78 Å². The Balaban J connectivity index is 1.74. The van der Waals surface area contributed by atoms with Crippen molar-refractivity contribution in [2.24, 2.45) is 40.4 Å². The number of hydrogen-bond acceptors (Lipinski definition) is 3. The molecule has 4 aliphatic carbocycles. The highest BCUT2D eigenvalue weighted by molar-refractivity contribution is 5.91. The molecule has 0 heterocycles. The molecule has 3 unspecified atom stereocenters. The van der Waals surface area contributed by atoms with Gasteiger partial charge in [-0.05, 0) is 73.2 Å². The third kappa shape index (κ3) is 2.02. The molecule has 0 aromatic rings. The highest BCUT2D eigenvalue weighted by atomic mass is 16.3. The van der Waals surface area contributed by atoms with Crippen LogP contribution in [0, 0.1) is 51.8 Å². The fourth-order valence-electron chi connectivity index (χ4n) is 7.17. The predicted octanol–water partition coefficient (Wildman–Crippen LogP) is 3.88. The Morgan fingerprint density at radius 2 is 2.04 bits per heavy atom. The number of ketones is 1. The molecule has 130 valence electrons. The summed E-state index contributed by atoms with van der Waals surface area (Å²) in [7, 11) is 0. The molecular weight excluding hydrogens is 298 g/mol. The summed E-state index contributed by atoms with van der Waals surface area (Å²) >= 11 is 0. The molecule has 0 aromatic heterocycles. The first-order chi connectivity index (χ1) is 11.4. The number of aliphatic hydroxyl groups is 1. The minimum atomic E-state index is 0.0796. The van der Waals surface area contributed by atoms with Crippen LogP contribution in [-0.2, 0) is 4.79 Å². The summed E-state index contributed by atoms with van der Waals surface area (Å²) in [6.07, 6.45) is 9.03. The zero-order valence-electron chi connectivity index (χ0n) is 14.9. The van der Waals surface area contributed by atoms with Gasteiger partial charge in [0.25, 0.3) is 0 Å². The quantitative estimate of drug-likeness (QED) is 0.795. The number of nitriles is 1. The van der Waals surface area contributed by atoms with Crippen molar-refractivity contribution in [2.45, 2.75) is 58.8 Å². The van der Waals surface area contributed by atoms with Gasteiger partial charge in [0.1, 0.15) is 0 Å². The maximum atomic E-state index is 12.0. The van der Waals surface area contributed by atoms with E-state index in [0.29, 0.717) is 24.2 Å². The highest BCUT2D eigenvalue weighted by Gasteiger charge is 2.60. The lowest BCUT2D eigenvalue weighted by Gasteiger charge is -2.59. The first kappa shape index (κ1) is 16.3. The molecule has 0 bridgehead atoms. The van der Waals surface area contributed by atoms with E-state index in [1.807, 2.05) is 6.08 Å². The summed E-state index contributed by atoms with van der Waals surface area (Å²) in [5.74, 6) is 2.43. The Kier molecular flexibility index (Phi) is 3.69. The monoisotopic (exact) mass is 327 g/mol. The molecule has 24 heavy (non-hydrogen) atoms. The summed E-state index contributed by atoms with van der Waals surface area (Å²) in [5.41, 5.74) is 1.48. The lowest BCUT2D eigenvalue weighted by Crippen LogP contribution is -2.53. The molecule has 3 heteroatoms. The Hall–Kier alpha value is -1.14. The van der Waals surface area contributed by atoms with Crippen molar-refractivity contribution in [3.8, 4) is 6.07 Å². The van der Waals surface area contributed by atoms with Crippen LogP contribution in [0.2, 0.25) is 0 Å². The van der Waals surface area contributed by atoms with Crippen LogP contribution in [0.5, 0.6) is 0 Å². The average Bonchev–Trinajstić information content (AvgIpc) is 2.91. The third-order valence-corrected chi connectivity index (χ3v) is 8.49. The first-order valence-corrected chi connectivity index (χ1v) is 9.69. The highest BCUT2D eigenvalue weighted by Crippen LogP contribution is 2.67. The molecule has 3 saturated carbocycles. The second kappa shape index (κ2) is 5.43. The minimum Gasteiger partial charge on any atom is -0.396 e. The molecule has 0 aromatic carbocycles. The summed E-state index contributed by atoms with van der Waals surface area (Å²) in [6, 6.07) is 2.59. The van der Waals surface area contributed by atoms with Crippen LogP contribution < -0.4 is 0 Å². The molecule has 0 spiro atoms. The van der Waals surface area contributed by atoms with E-state index in [0.717, 1.165) is 25.7 Å². The zero-order chi connectivity index (χ0) is 17.1. The van der Waals surface area contributed by atoms with Gasteiger partial charge in [0.05, 0.1) is 12.0 Å². The zero-order valence-corrected chi connectivity index (χ0v) is 14.9. The van der Waals surface area contributed by atoms with Crippen LogP contribution in [0.1, 0.15) is 58.8 Å². The number of fused-ring (bicyclic) bond motifs is 5. The third-order valence-electron chi connectivity index (χ3n) is 8.49. The van der Waals surface area contributed by atoms with E-state index in [1.165, 1.54) is 18.4 Å². The molecule has 7 atom stereocenters. The molecule has 0 amide bonds. The smallest absolute Gasteiger partial charge is 0.155 e. The first-order valence-electron chi connectivity index (χ1n) is 9.69. The Labute approximate surface area is 145 Å². The molecular formula is C21H29NO2. The van der Waals surface area contributed by atoms with Gasteiger partial charge in [-0.1, -0.05) is 19.4 Å². The molecule has 4 aliphatic rings. The Morgan fingerprint density at radius 1 is 1.25 bits per heavy atom. The lowest BCUT2D eigenvalue weighted by atomic mass is 9.45. The van der Waals surface area contributed by atoms with Crippen molar-refractivity contribution < 1.29 is 9.90 Å². The van der Waals surface area contributed by atoms with Crippen LogP contribution in [-0.4, -0.2) is 17.5 Å². The van der Waals surface area contributed by atoms with Gasteiger partial charge in [0.2, 0.25) is 0 Å². The van der Waals surface area contributed by atoms with E-state index in [-0.39, 0.29) is 35.1 Å². The number of carbonyl (C=O) groups is 1. The molecule has 1 N–H and O–H groups in total. The SMILES string of the molecule is C[C@]12CCC(=O)C=C1[C@H](CO)CC1C2CC[C@@]2(C)C1CC[C@@H]2C#N. The standard InChI is InChI=1S/C21H29NO2/c1-20-8-6-18-16(17(20)4-3-14(20)11-22)9-13(12-23)19-10-15(24)5-7-21(18,19)2/h10,13-14,16-18,23H,3-9,12H2,1-2H3/t13-,14+,16?,17?,18?,20+,21+/m0/s1. The molecule has 0 aliphatic heterocycles. The topological polar surface area (TPSA) is 61.1 Å². The maximum Gasteiger partial charge on any atom is 0.155 e. The lowest BCUT2D eigenvalue weighted by molar-refractivity contribution is -0.118. The number of nitrogens with zero attached hydrogens (tertiary/aromatic N) is 1. The molecule has 3 nitrogen and oxygen atoms in total. The van der Waals surface area contributed by atoms with Gasteiger partial charge in [-0.3, -0.25) is 4.79 Å². The van der Waals surface area contributed by atoms with Crippen LogP contribution >= 0.6 is 0 Å². The number of carbonyl (C=O) groups excluding carboxylic acids is 1. The van der Waals surface area contributed by atoms with Gasteiger partial charge in [-0.15, -0.1) is 0 Å². The number of aliphatic hydroxyl groups excluding tert-OH is 1. The van der Waals surface area contributed by atoms with Crippen LogP contribution in [0.15, 0.2) is 11.6 Å². The normalized spacial score (nSPS) is 50.3. The van der Waals surface area contributed by atoms with Crippen molar-refractivity contribution in [1.82, 2.24) is 0 Å². The van der Waals surface area contributed by atoms with E-state index in [9.17, 15) is 15.2 Å². The molecule has 0 saturated heterocycles. The van der Waals surface area contributed by atoms with E-state index in [1.54, 1.807) is 0 Å². The molecule has 0 radical (unpaired) electrons. The molecule has 4 rings (SSSR count). The Bertz CT molecular complexity index is 632. The second-order valence-electron chi connectivity index (χ2n) is 9.28. The fourth-order valence-corrected chi connectivity index (χ4v) is 7.17. The summed E-state index contributed by atoms with van der Waals surface area (Å²) < 4.78 is 0. The van der Waals surface area contributed by atoms with E-state index in [2.05, 4.69) is 19.9 Å². The van der Waals surface area contributed by atoms with Crippen molar-refractivity contribution in [1.29, 1.82) is 5.26 Å². The summed E-state index contributed by atoms with van der Waals surface area (Å²) in [6.45, 7) is 4.86. The van der Waals surface area contributed by atoms with Crippen molar-refractivity contribution in [2.75, 3.05) is 6.61 Å². The van der Waals surface area contributed by atoms with Crippen LogP contribution in [0.25, 0.3) is 0 Å². The Morgan fingerprint density at radius 3 is 2.75 bits per heavy atom. The van der Waals surface area contributed by atoms with Gasteiger partial charge in [-0.25, -0.2) is 0 Å². The van der Waals surface area contributed by atoms with E-state index >= 15 is 0 Å². The number of hydrogen-bond donors (Lipinski definition) is 1. The van der Waals surface area contributed by atoms with Crippen molar-refractivity contribution in [3.63, 3.8) is 0 Å². The van der Waals surface area contributed by atoms with E-state index in [4.69, 9.17) is 0 Å². The van der Waals surface area contributed by atoms with Crippen LogP contribution in [0.4, 0.5) is 0 Å². The van der Waals surface area contributed by atoms with Gasteiger partial charge < -0.3 is 5.11 Å². The summed E-state index contributed by atoms with van der Waals surface area (Å²) in [4.78, 5) is 12.0. The molecule has 3 fully saturated rings. The van der Waals surface area contributed by atoms with Crippen molar-refractivity contribution in [3.05, 3.63) is 11.6 Å². The van der Waals surface area contributed by atoms with Crippen LogP contribution in [0.3, 0.4) is 0 Å². The fraction of sp³-hybridized carbons (Fsp3) is 0.810.